The highest BCUT2D eigenvalue weighted by atomic mass is 35.5. The zero-order chi connectivity index (χ0) is 25.4. The third-order valence-corrected chi connectivity index (χ3v) is 9.46. The van der Waals surface area contributed by atoms with E-state index in [-0.39, 0.29) is 24.3 Å². The minimum Gasteiger partial charge on any atom is -0.335 e. The molecule has 2 aromatic carbocycles. The van der Waals surface area contributed by atoms with Crippen LogP contribution in [-0.4, -0.2) is 44.0 Å². The van der Waals surface area contributed by atoms with Crippen LogP contribution < -0.4 is 9.47 Å². The average Bonchev–Trinajstić information content (AvgIpc) is 3.24. The Morgan fingerprint density at radius 1 is 1.03 bits per heavy atom. The highest BCUT2D eigenvalue weighted by Crippen LogP contribution is 2.47. The van der Waals surface area contributed by atoms with Crippen LogP contribution in [0.4, 0.5) is 5.69 Å². The molecule has 188 valence electrons. The van der Waals surface area contributed by atoms with Gasteiger partial charge in [-0.05, 0) is 43.2 Å². The number of hydrogen-bond acceptors (Lipinski definition) is 7. The van der Waals surface area contributed by atoms with Gasteiger partial charge in [-0.3, -0.25) is 9.11 Å². The zero-order valence-corrected chi connectivity index (χ0v) is 22.7. The van der Waals surface area contributed by atoms with Crippen LogP contribution >= 0.6 is 34.7 Å². The molecule has 4 rings (SSSR count). The lowest BCUT2D eigenvalue weighted by molar-refractivity contribution is -0.668. The van der Waals surface area contributed by atoms with Crippen LogP contribution in [0.5, 0.6) is 0 Å². The second-order valence-corrected chi connectivity index (χ2v) is 13.9. The van der Waals surface area contributed by atoms with Crippen LogP contribution in [0, 0.1) is 6.92 Å². The number of thioether (sulfide) groups is 1. The lowest BCUT2D eigenvalue weighted by atomic mass is 10.2. The number of aryl methyl sites for hydroxylation is 2. The summed E-state index contributed by atoms with van der Waals surface area (Å²) in [4.78, 5) is 3.08. The Labute approximate surface area is 217 Å². The Kier molecular flexibility index (Phi) is 7.82. The van der Waals surface area contributed by atoms with E-state index in [0.717, 1.165) is 36.4 Å². The van der Waals surface area contributed by atoms with Crippen LogP contribution in [0.15, 0.2) is 46.3 Å². The third kappa shape index (κ3) is 6.76. The molecule has 0 saturated carbocycles. The van der Waals surface area contributed by atoms with Crippen molar-refractivity contribution in [3.05, 3.63) is 57.0 Å². The summed E-state index contributed by atoms with van der Waals surface area (Å²) in [5.41, 5.74) is 2.90. The molecule has 0 spiro atoms. The number of benzene rings is 2. The van der Waals surface area contributed by atoms with Crippen LogP contribution in [0.1, 0.15) is 23.4 Å². The van der Waals surface area contributed by atoms with Crippen molar-refractivity contribution in [2.75, 3.05) is 23.0 Å². The molecular weight excluding hydrogens is 552 g/mol. The molecule has 0 amide bonds. The molecule has 2 N–H and O–H groups in total. The van der Waals surface area contributed by atoms with Gasteiger partial charge in [0.1, 0.15) is 4.70 Å². The fourth-order valence-corrected chi connectivity index (χ4v) is 7.32. The maximum absolute atomic E-state index is 11.3. The quantitative estimate of drug-likeness (QED) is 0.280. The van der Waals surface area contributed by atoms with Crippen LogP contribution in [0.2, 0.25) is 5.02 Å². The van der Waals surface area contributed by atoms with Gasteiger partial charge >= 0.3 is 0 Å². The van der Waals surface area contributed by atoms with E-state index in [1.54, 1.807) is 17.8 Å². The zero-order valence-electron chi connectivity index (χ0n) is 18.7. The smallest absolute Gasteiger partial charge is 0.265 e. The third-order valence-electron chi connectivity index (χ3n) is 5.39. The van der Waals surface area contributed by atoms with Crippen molar-refractivity contribution < 1.29 is 30.5 Å². The van der Waals surface area contributed by atoms with Crippen molar-refractivity contribution in [1.29, 1.82) is 0 Å². The highest BCUT2D eigenvalue weighted by Gasteiger charge is 2.28. The summed E-state index contributed by atoms with van der Waals surface area (Å²) in [7, 11) is -8.14. The molecule has 1 aromatic heterocycles. The van der Waals surface area contributed by atoms with E-state index in [0.29, 0.717) is 18.1 Å². The number of anilines is 1. The summed E-state index contributed by atoms with van der Waals surface area (Å²) >= 11 is 9.32. The molecular formula is C22H24ClN2O6S4+. The van der Waals surface area contributed by atoms with Gasteiger partial charge in [-0.15, -0.1) is 0 Å². The van der Waals surface area contributed by atoms with Gasteiger partial charge in [-0.25, -0.2) is 0 Å². The first-order valence-corrected chi connectivity index (χ1v) is 15.9. The Bertz CT molecular complexity index is 1520. The molecule has 13 heteroatoms. The number of hydrogen-bond donors (Lipinski definition) is 2. The van der Waals surface area contributed by atoms with Gasteiger partial charge in [-0.1, -0.05) is 40.8 Å². The van der Waals surface area contributed by atoms with Crippen LogP contribution in [-0.2, 0) is 26.8 Å². The van der Waals surface area contributed by atoms with Gasteiger partial charge in [0, 0.05) is 29.0 Å². The standard InChI is InChI=1S/C22H23ClN2O6S4/c1-15-4-6-19-17(12-15)24(8-2-10-34(26,27)28)21(32-19)14-22-25(9-3-11-35(29,30)31)18-13-16(23)5-7-20(18)33-22/h4-7,12-14H,2-3,8-11H2,1H3,(H-,26,27,28,29,30,31)/p+1. The van der Waals surface area contributed by atoms with Crippen molar-refractivity contribution in [2.24, 2.45) is 0 Å². The summed E-state index contributed by atoms with van der Waals surface area (Å²) in [5, 5.41) is 2.31. The topological polar surface area (TPSA) is 116 Å². The van der Waals surface area contributed by atoms with Gasteiger partial charge in [0.2, 0.25) is 5.52 Å². The van der Waals surface area contributed by atoms with Gasteiger partial charge < -0.3 is 4.90 Å². The monoisotopic (exact) mass is 575 g/mol. The number of rotatable bonds is 9. The van der Waals surface area contributed by atoms with E-state index in [4.69, 9.17) is 16.2 Å². The van der Waals surface area contributed by atoms with E-state index in [1.165, 1.54) is 11.3 Å². The molecule has 1 aliphatic heterocycles. The van der Waals surface area contributed by atoms with E-state index >= 15 is 0 Å². The number of fused-ring (bicyclic) bond motifs is 2. The molecule has 35 heavy (non-hydrogen) atoms. The lowest BCUT2D eigenvalue weighted by Gasteiger charge is -2.20. The second kappa shape index (κ2) is 10.4. The Balaban J connectivity index is 1.73. The molecule has 0 fully saturated rings. The van der Waals surface area contributed by atoms with Crippen molar-refractivity contribution in [2.45, 2.75) is 31.2 Å². The van der Waals surface area contributed by atoms with E-state index < -0.39 is 20.2 Å². The number of nitrogens with zero attached hydrogens (tertiary/aromatic N) is 2. The SMILES string of the molecule is Cc1ccc2c(c1)N(CCCS(=O)(=O)O)C(=Cc1sc3ccc(Cl)cc3[n+]1CCCS(=O)(=O)O)S2. The molecule has 1 aliphatic rings. The first-order chi connectivity index (χ1) is 16.4. The number of thiazole rings is 1. The van der Waals surface area contributed by atoms with Gasteiger partial charge in [0.05, 0.1) is 28.3 Å². The molecule has 0 saturated heterocycles. The largest absolute Gasteiger partial charge is 0.335 e. The minimum atomic E-state index is -4.08. The fourth-order valence-electron chi connectivity index (χ4n) is 3.88. The first-order valence-electron chi connectivity index (χ1n) is 10.7. The summed E-state index contributed by atoms with van der Waals surface area (Å²) in [6.45, 7) is 2.75. The molecule has 0 unspecified atom stereocenters. The predicted molar refractivity (Wildman–Crippen MR) is 141 cm³/mol. The van der Waals surface area contributed by atoms with E-state index in [1.807, 2.05) is 52.8 Å². The van der Waals surface area contributed by atoms with Crippen molar-refractivity contribution in [3.8, 4) is 0 Å². The van der Waals surface area contributed by atoms with Crippen molar-refractivity contribution >= 4 is 76.9 Å². The summed E-state index contributed by atoms with van der Waals surface area (Å²) in [6.07, 6.45) is 2.47. The summed E-state index contributed by atoms with van der Waals surface area (Å²) in [5.74, 6) is -0.686. The Morgan fingerprint density at radius 2 is 1.74 bits per heavy atom. The second-order valence-electron chi connectivity index (χ2n) is 8.19. The van der Waals surface area contributed by atoms with Crippen molar-refractivity contribution in [1.82, 2.24) is 0 Å². The van der Waals surface area contributed by atoms with Gasteiger partial charge in [-0.2, -0.15) is 21.4 Å². The maximum Gasteiger partial charge on any atom is 0.265 e. The molecule has 2 heterocycles. The van der Waals surface area contributed by atoms with Crippen LogP contribution in [0.25, 0.3) is 16.3 Å². The Hall–Kier alpha value is -1.67. The number of aromatic nitrogens is 1. The first kappa shape index (κ1) is 26.4. The molecule has 8 nitrogen and oxygen atoms in total. The highest BCUT2D eigenvalue weighted by molar-refractivity contribution is 8.04. The average molecular weight is 576 g/mol. The summed E-state index contributed by atoms with van der Waals surface area (Å²) < 4.78 is 66.3. The maximum atomic E-state index is 11.3. The fraction of sp³-hybridized carbons (Fsp3) is 0.318. The van der Waals surface area contributed by atoms with Crippen LogP contribution in [0.3, 0.4) is 0 Å². The summed E-state index contributed by atoms with van der Waals surface area (Å²) in [6, 6.07) is 11.6. The lowest BCUT2D eigenvalue weighted by Crippen LogP contribution is -2.36. The molecule has 0 atom stereocenters. The van der Waals surface area contributed by atoms with E-state index in [9.17, 15) is 21.4 Å². The molecule has 0 aliphatic carbocycles. The molecule has 0 bridgehead atoms. The molecule has 3 aromatic rings. The van der Waals surface area contributed by atoms with Gasteiger partial charge in [0.25, 0.3) is 25.2 Å². The van der Waals surface area contributed by atoms with E-state index in [2.05, 4.69) is 0 Å². The minimum absolute atomic E-state index is 0.225. The van der Waals surface area contributed by atoms with Gasteiger partial charge in [0.15, 0.2) is 6.54 Å². The number of halogens is 1. The normalized spacial score (nSPS) is 15.3. The van der Waals surface area contributed by atoms with Crippen molar-refractivity contribution in [3.63, 3.8) is 0 Å². The predicted octanol–water partition coefficient (Wildman–Crippen LogP) is 4.62. The molecule has 0 radical (unpaired) electrons. The Morgan fingerprint density at radius 3 is 2.46 bits per heavy atom.